The van der Waals surface area contributed by atoms with Gasteiger partial charge in [0.2, 0.25) is 0 Å². The molecular formula is C40H37NO. The molecule has 42 heavy (non-hydrogen) atoms. The summed E-state index contributed by atoms with van der Waals surface area (Å²) in [7, 11) is 1.00. The summed E-state index contributed by atoms with van der Waals surface area (Å²) in [5.74, 6) is 0. The number of fused-ring (bicyclic) bond motifs is 3. The second-order valence-corrected chi connectivity index (χ2v) is 10.4. The van der Waals surface area contributed by atoms with Crippen LogP contribution in [-0.4, -0.2) is 12.2 Å². The summed E-state index contributed by atoms with van der Waals surface area (Å²) in [5, 5.41) is 15.7. The van der Waals surface area contributed by atoms with E-state index in [2.05, 4.69) is 147 Å². The molecule has 1 unspecified atom stereocenters. The summed E-state index contributed by atoms with van der Waals surface area (Å²) < 4.78 is 0. The summed E-state index contributed by atoms with van der Waals surface area (Å²) in [6, 6.07) is 43.3. The highest BCUT2D eigenvalue weighted by molar-refractivity contribution is 6.07. The van der Waals surface area contributed by atoms with E-state index in [4.69, 9.17) is 5.11 Å². The lowest BCUT2D eigenvalue weighted by atomic mass is 9.88. The molecule has 2 heteroatoms. The van der Waals surface area contributed by atoms with Crippen LogP contribution in [0.3, 0.4) is 0 Å². The highest BCUT2D eigenvalue weighted by Crippen LogP contribution is 2.38. The quantitative estimate of drug-likeness (QED) is 0.231. The largest absolute Gasteiger partial charge is 0.400 e. The summed E-state index contributed by atoms with van der Waals surface area (Å²) in [5.41, 5.74) is 10.4. The fraction of sp³-hybridized carbons (Fsp3) is 0.100. The molecule has 0 radical (unpaired) electrons. The highest BCUT2D eigenvalue weighted by Gasteiger charge is 2.19. The molecular weight excluding hydrogens is 510 g/mol. The van der Waals surface area contributed by atoms with Gasteiger partial charge in [-0.15, -0.1) is 0 Å². The Morgan fingerprint density at radius 3 is 1.69 bits per heavy atom. The van der Waals surface area contributed by atoms with Gasteiger partial charge in [-0.25, -0.2) is 0 Å². The molecule has 6 aromatic rings. The molecule has 2 N–H and O–H groups in total. The molecule has 0 fully saturated rings. The molecule has 0 spiro atoms. The third-order valence-electron chi connectivity index (χ3n) is 7.88. The third-order valence-corrected chi connectivity index (χ3v) is 7.88. The fourth-order valence-electron chi connectivity index (χ4n) is 5.89. The van der Waals surface area contributed by atoms with Crippen molar-refractivity contribution in [1.29, 1.82) is 0 Å². The minimum Gasteiger partial charge on any atom is -0.400 e. The van der Waals surface area contributed by atoms with E-state index in [0.29, 0.717) is 0 Å². The predicted molar refractivity (Wildman–Crippen MR) is 181 cm³/mol. The average molecular weight is 548 g/mol. The van der Waals surface area contributed by atoms with Crippen LogP contribution in [0.5, 0.6) is 0 Å². The Morgan fingerprint density at radius 1 is 0.595 bits per heavy atom. The lowest BCUT2D eigenvalue weighted by Gasteiger charge is -2.25. The van der Waals surface area contributed by atoms with Crippen LogP contribution < -0.4 is 5.32 Å². The molecule has 208 valence electrons. The van der Waals surface area contributed by atoms with Gasteiger partial charge >= 0.3 is 0 Å². The van der Waals surface area contributed by atoms with Crippen molar-refractivity contribution in [2.24, 2.45) is 0 Å². The Hall–Kier alpha value is -4.92. The molecule has 0 aliphatic carbocycles. The Kier molecular flexibility index (Phi) is 8.96. The number of benzene rings is 6. The van der Waals surface area contributed by atoms with E-state index in [1.807, 2.05) is 18.3 Å². The van der Waals surface area contributed by atoms with Gasteiger partial charge < -0.3 is 10.4 Å². The Balaban J connectivity index is 0.000000162. The van der Waals surface area contributed by atoms with Crippen LogP contribution in [0.25, 0.3) is 44.8 Å². The number of hydrogen-bond donors (Lipinski definition) is 2. The maximum absolute atomic E-state index is 7.00. The standard InChI is InChI=1S/C22H18.C17H15N.CH4O/c1-15-11-13-17-7-3-5-9-19(17)21(15)22-16(2)12-14-18-8-4-6-10-20(18)22;1-2-13-7-3-5-9-15(13)17-16-10-6-4-8-14(16)11-12-18-17;1-2/h3-14H,1-2H3;2-12,17-18H,1H2;2H,1H3. The SMILES string of the molecule is C=Cc1ccccc1C1NC=Cc2ccccc21.CO.Cc1ccc2ccccc2c1-c1c(C)ccc2ccccc12. The van der Waals surface area contributed by atoms with Crippen LogP contribution in [0.4, 0.5) is 0 Å². The topological polar surface area (TPSA) is 32.3 Å². The van der Waals surface area contributed by atoms with E-state index >= 15 is 0 Å². The van der Waals surface area contributed by atoms with Gasteiger partial charge in [-0.2, -0.15) is 0 Å². The molecule has 0 saturated heterocycles. The van der Waals surface area contributed by atoms with Gasteiger partial charge in [-0.3, -0.25) is 0 Å². The molecule has 2 nitrogen and oxygen atoms in total. The molecule has 1 aliphatic rings. The smallest absolute Gasteiger partial charge is 0.0774 e. The maximum Gasteiger partial charge on any atom is 0.0774 e. The third kappa shape index (κ3) is 5.63. The van der Waals surface area contributed by atoms with Crippen molar-refractivity contribution in [3.05, 3.63) is 167 Å². The molecule has 0 amide bonds. The van der Waals surface area contributed by atoms with Crippen LogP contribution in [0.1, 0.15) is 39.4 Å². The number of aliphatic hydroxyl groups excluding tert-OH is 1. The van der Waals surface area contributed by atoms with E-state index in [0.717, 1.165) is 7.11 Å². The molecule has 7 rings (SSSR count). The zero-order chi connectivity index (χ0) is 29.5. The van der Waals surface area contributed by atoms with Gasteiger partial charge in [0, 0.05) is 7.11 Å². The first-order chi connectivity index (χ1) is 20.7. The molecule has 6 aromatic carbocycles. The number of rotatable bonds is 3. The van der Waals surface area contributed by atoms with Crippen molar-refractivity contribution in [3.63, 3.8) is 0 Å². The number of nitrogens with one attached hydrogen (secondary N) is 1. The van der Waals surface area contributed by atoms with Gasteiger partial charge in [0.05, 0.1) is 6.04 Å². The van der Waals surface area contributed by atoms with Gasteiger partial charge in [0.15, 0.2) is 0 Å². The van der Waals surface area contributed by atoms with Crippen LogP contribution >= 0.6 is 0 Å². The van der Waals surface area contributed by atoms with Crippen molar-refractivity contribution in [2.45, 2.75) is 19.9 Å². The summed E-state index contributed by atoms with van der Waals surface area (Å²) >= 11 is 0. The molecule has 1 aliphatic heterocycles. The Morgan fingerprint density at radius 2 is 1.10 bits per heavy atom. The number of aryl methyl sites for hydroxylation is 2. The van der Waals surface area contributed by atoms with Gasteiger partial charge in [0.1, 0.15) is 0 Å². The van der Waals surface area contributed by atoms with Crippen molar-refractivity contribution in [3.8, 4) is 11.1 Å². The van der Waals surface area contributed by atoms with Crippen molar-refractivity contribution >= 4 is 33.7 Å². The monoisotopic (exact) mass is 547 g/mol. The minimum atomic E-state index is 0.209. The summed E-state index contributed by atoms with van der Waals surface area (Å²) in [6.45, 7) is 8.32. The first-order valence-corrected chi connectivity index (χ1v) is 14.3. The normalized spacial score (nSPS) is 13.2. The summed E-state index contributed by atoms with van der Waals surface area (Å²) in [6.07, 6.45) is 6.05. The lowest BCUT2D eigenvalue weighted by Crippen LogP contribution is -2.21. The zero-order valence-corrected chi connectivity index (χ0v) is 24.5. The molecule has 1 atom stereocenters. The van der Waals surface area contributed by atoms with E-state index in [1.165, 1.54) is 66.1 Å². The highest BCUT2D eigenvalue weighted by atomic mass is 16.2. The van der Waals surface area contributed by atoms with Gasteiger partial charge in [-0.1, -0.05) is 134 Å². The van der Waals surface area contributed by atoms with Crippen LogP contribution in [0, 0.1) is 13.8 Å². The summed E-state index contributed by atoms with van der Waals surface area (Å²) in [4.78, 5) is 0. The average Bonchev–Trinajstić information content (AvgIpc) is 3.06. The minimum absolute atomic E-state index is 0.209. The van der Waals surface area contributed by atoms with E-state index in [1.54, 1.807) is 0 Å². The molecule has 0 bridgehead atoms. The van der Waals surface area contributed by atoms with Crippen molar-refractivity contribution in [1.82, 2.24) is 5.32 Å². The van der Waals surface area contributed by atoms with E-state index < -0.39 is 0 Å². The molecule has 0 aromatic heterocycles. The molecule has 1 heterocycles. The van der Waals surface area contributed by atoms with Crippen LogP contribution in [0.2, 0.25) is 0 Å². The van der Waals surface area contributed by atoms with Gasteiger partial charge in [-0.05, 0) is 92.2 Å². The second-order valence-electron chi connectivity index (χ2n) is 10.4. The zero-order valence-electron chi connectivity index (χ0n) is 24.5. The van der Waals surface area contributed by atoms with Crippen molar-refractivity contribution in [2.75, 3.05) is 7.11 Å². The second kappa shape index (κ2) is 13.2. The Bertz CT molecular complexity index is 1800. The lowest BCUT2D eigenvalue weighted by molar-refractivity contribution is 0.399. The predicted octanol–water partition coefficient (Wildman–Crippen LogP) is 9.88. The van der Waals surface area contributed by atoms with Crippen molar-refractivity contribution < 1.29 is 5.11 Å². The van der Waals surface area contributed by atoms with E-state index in [-0.39, 0.29) is 6.04 Å². The van der Waals surface area contributed by atoms with Crippen LogP contribution in [-0.2, 0) is 0 Å². The first kappa shape index (κ1) is 28.6. The first-order valence-electron chi connectivity index (χ1n) is 14.3. The molecule has 0 saturated carbocycles. The fourth-order valence-corrected chi connectivity index (χ4v) is 5.89. The number of aliphatic hydroxyl groups is 1. The van der Waals surface area contributed by atoms with E-state index in [9.17, 15) is 0 Å². The number of hydrogen-bond acceptors (Lipinski definition) is 2. The Labute approximate surface area is 249 Å². The maximum atomic E-state index is 7.00. The van der Waals surface area contributed by atoms with Gasteiger partial charge in [0.25, 0.3) is 0 Å². The van der Waals surface area contributed by atoms with Crippen LogP contribution in [0.15, 0.2) is 134 Å².